The van der Waals surface area contributed by atoms with E-state index in [2.05, 4.69) is 15.2 Å². The lowest BCUT2D eigenvalue weighted by atomic mass is 10.2. The molecule has 1 aliphatic heterocycles. The molecule has 0 bridgehead atoms. The molecule has 0 amide bonds. The van der Waals surface area contributed by atoms with Crippen molar-refractivity contribution in [3.8, 4) is 5.75 Å². The van der Waals surface area contributed by atoms with Crippen LogP contribution in [0.1, 0.15) is 19.3 Å². The third kappa shape index (κ3) is 4.13. The predicted molar refractivity (Wildman–Crippen MR) is 77.4 cm³/mol. The van der Waals surface area contributed by atoms with Gasteiger partial charge in [0.15, 0.2) is 6.61 Å². The molecule has 3 rings (SSSR count). The summed E-state index contributed by atoms with van der Waals surface area (Å²) in [7, 11) is 0. The van der Waals surface area contributed by atoms with E-state index in [0.717, 1.165) is 25.5 Å². The Bertz CT molecular complexity index is 555. The zero-order valence-electron chi connectivity index (χ0n) is 12.1. The van der Waals surface area contributed by atoms with Crippen molar-refractivity contribution in [2.45, 2.75) is 31.5 Å². The quantitative estimate of drug-likeness (QED) is 0.928. The van der Waals surface area contributed by atoms with Gasteiger partial charge in [0.25, 0.3) is 0 Å². The molecule has 0 atom stereocenters. The van der Waals surface area contributed by atoms with Gasteiger partial charge in [0.2, 0.25) is 0 Å². The van der Waals surface area contributed by atoms with Gasteiger partial charge in [-0.25, -0.2) is 4.99 Å². The van der Waals surface area contributed by atoms with Gasteiger partial charge in [0.1, 0.15) is 11.6 Å². The van der Waals surface area contributed by atoms with Crippen LogP contribution in [-0.4, -0.2) is 42.8 Å². The van der Waals surface area contributed by atoms with Crippen LogP contribution >= 0.6 is 0 Å². The van der Waals surface area contributed by atoms with E-state index < -0.39 is 12.8 Å². The predicted octanol–water partition coefficient (Wildman–Crippen LogP) is 3.07. The second-order valence-corrected chi connectivity index (χ2v) is 5.54. The number of aliphatic imine (C=N–C) groups is 1. The number of halogens is 3. The van der Waals surface area contributed by atoms with Crippen LogP contribution in [0.2, 0.25) is 0 Å². The molecular weight excluding hydrogens is 295 g/mol. The number of alkyl halides is 3. The minimum Gasteiger partial charge on any atom is -0.484 e. The molecule has 0 radical (unpaired) electrons. The van der Waals surface area contributed by atoms with Gasteiger partial charge < -0.3 is 9.64 Å². The van der Waals surface area contributed by atoms with Crippen molar-refractivity contribution >= 4 is 11.5 Å². The number of amidine groups is 1. The van der Waals surface area contributed by atoms with Crippen LogP contribution in [-0.2, 0) is 0 Å². The smallest absolute Gasteiger partial charge is 0.422 e. The van der Waals surface area contributed by atoms with E-state index in [1.807, 2.05) is 0 Å². The second kappa shape index (κ2) is 6.16. The first-order valence-corrected chi connectivity index (χ1v) is 7.36. The molecule has 1 N–H and O–H groups in total. The molecule has 120 valence electrons. The maximum Gasteiger partial charge on any atom is 0.422 e. The lowest BCUT2D eigenvalue weighted by Gasteiger charge is -2.31. The van der Waals surface area contributed by atoms with E-state index in [1.54, 1.807) is 18.2 Å². The lowest BCUT2D eigenvalue weighted by Crippen LogP contribution is -2.46. The number of rotatable bonds is 4. The molecule has 22 heavy (non-hydrogen) atoms. The van der Waals surface area contributed by atoms with Crippen molar-refractivity contribution in [3.63, 3.8) is 0 Å². The number of benzene rings is 1. The Kier molecular flexibility index (Phi) is 4.24. The van der Waals surface area contributed by atoms with Crippen LogP contribution in [0, 0.1) is 0 Å². The fraction of sp³-hybridized carbons (Fsp3) is 0.533. The summed E-state index contributed by atoms with van der Waals surface area (Å²) >= 11 is 0. The zero-order valence-corrected chi connectivity index (χ0v) is 12.1. The van der Waals surface area contributed by atoms with Gasteiger partial charge in [-0.2, -0.15) is 13.2 Å². The maximum atomic E-state index is 12.2. The minimum absolute atomic E-state index is 0.186. The molecular formula is C15H18F3N3O. The highest BCUT2D eigenvalue weighted by molar-refractivity contribution is 5.86. The molecule has 0 spiro atoms. The van der Waals surface area contributed by atoms with Crippen molar-refractivity contribution < 1.29 is 17.9 Å². The highest BCUT2D eigenvalue weighted by Crippen LogP contribution is 2.30. The molecule has 2 aliphatic rings. The Labute approximate surface area is 127 Å². The summed E-state index contributed by atoms with van der Waals surface area (Å²) in [5, 5.41) is 3.32. The average Bonchev–Trinajstić information content (AvgIpc) is 3.30. The fourth-order valence-electron chi connectivity index (χ4n) is 2.44. The van der Waals surface area contributed by atoms with Crippen LogP contribution in [0.15, 0.2) is 29.3 Å². The number of hydrogen-bond donors (Lipinski definition) is 1. The van der Waals surface area contributed by atoms with E-state index in [-0.39, 0.29) is 5.75 Å². The first kappa shape index (κ1) is 15.1. The van der Waals surface area contributed by atoms with Crippen LogP contribution in [0.4, 0.5) is 18.9 Å². The summed E-state index contributed by atoms with van der Waals surface area (Å²) in [5.74, 6) is 1.18. The highest BCUT2D eigenvalue weighted by Gasteiger charge is 2.32. The van der Waals surface area contributed by atoms with Gasteiger partial charge in [-0.05, 0) is 25.0 Å². The van der Waals surface area contributed by atoms with Crippen LogP contribution in [0.3, 0.4) is 0 Å². The summed E-state index contributed by atoms with van der Waals surface area (Å²) in [6.07, 6.45) is -1.16. The number of nitrogens with one attached hydrogen (secondary N) is 1. The molecule has 1 saturated carbocycles. The van der Waals surface area contributed by atoms with Gasteiger partial charge in [-0.15, -0.1) is 0 Å². The third-order valence-corrected chi connectivity index (χ3v) is 3.60. The van der Waals surface area contributed by atoms with Gasteiger partial charge in [-0.3, -0.25) is 5.32 Å². The van der Waals surface area contributed by atoms with Crippen molar-refractivity contribution in [3.05, 3.63) is 24.3 Å². The first-order valence-electron chi connectivity index (χ1n) is 7.36. The van der Waals surface area contributed by atoms with E-state index in [1.165, 1.54) is 18.9 Å². The second-order valence-electron chi connectivity index (χ2n) is 5.54. The normalized spacial score (nSPS) is 21.2. The molecule has 7 heteroatoms. The van der Waals surface area contributed by atoms with Crippen molar-refractivity contribution in [2.24, 2.45) is 4.99 Å². The summed E-state index contributed by atoms with van der Waals surface area (Å²) in [6.45, 7) is 0.366. The monoisotopic (exact) mass is 313 g/mol. The fourth-order valence-corrected chi connectivity index (χ4v) is 2.44. The largest absolute Gasteiger partial charge is 0.484 e. The Balaban J connectivity index is 1.72. The molecule has 1 aromatic rings. The summed E-state index contributed by atoms with van der Waals surface area (Å²) in [5.41, 5.74) is 0.627. The number of hydrogen-bond acceptors (Lipinski definition) is 3. The molecule has 1 heterocycles. The summed E-state index contributed by atoms with van der Waals surface area (Å²) in [4.78, 5) is 6.85. The Morgan fingerprint density at radius 1 is 1.32 bits per heavy atom. The molecule has 1 aromatic carbocycles. The molecule has 2 fully saturated rings. The first-order chi connectivity index (χ1) is 10.5. The van der Waals surface area contributed by atoms with E-state index in [9.17, 15) is 13.2 Å². The zero-order chi connectivity index (χ0) is 15.6. The summed E-state index contributed by atoms with van der Waals surface area (Å²) < 4.78 is 41.4. The van der Waals surface area contributed by atoms with Gasteiger partial charge >= 0.3 is 6.18 Å². The lowest BCUT2D eigenvalue weighted by molar-refractivity contribution is -0.153. The van der Waals surface area contributed by atoms with E-state index >= 15 is 0 Å². The highest BCUT2D eigenvalue weighted by atomic mass is 19.4. The van der Waals surface area contributed by atoms with E-state index in [0.29, 0.717) is 11.7 Å². The third-order valence-electron chi connectivity index (χ3n) is 3.60. The SMILES string of the molecule is FC(F)(F)COc1cccc(N=C2CCNCN2C2CC2)c1. The topological polar surface area (TPSA) is 36.9 Å². The maximum absolute atomic E-state index is 12.2. The van der Waals surface area contributed by atoms with Crippen LogP contribution in [0.25, 0.3) is 0 Å². The minimum atomic E-state index is -4.33. The van der Waals surface area contributed by atoms with Crippen LogP contribution < -0.4 is 10.1 Å². The molecule has 1 aliphatic carbocycles. The van der Waals surface area contributed by atoms with Crippen molar-refractivity contribution in [1.29, 1.82) is 0 Å². The summed E-state index contributed by atoms with van der Waals surface area (Å²) in [6, 6.07) is 7.05. The van der Waals surface area contributed by atoms with Gasteiger partial charge in [-0.1, -0.05) is 6.07 Å². The van der Waals surface area contributed by atoms with Crippen molar-refractivity contribution in [2.75, 3.05) is 19.8 Å². The Hall–Kier alpha value is -1.76. The molecule has 1 saturated heterocycles. The van der Waals surface area contributed by atoms with Crippen LogP contribution in [0.5, 0.6) is 5.75 Å². The Morgan fingerprint density at radius 2 is 2.14 bits per heavy atom. The number of nitrogens with zero attached hydrogens (tertiary/aromatic N) is 2. The Morgan fingerprint density at radius 3 is 2.86 bits per heavy atom. The number of ether oxygens (including phenoxy) is 1. The van der Waals surface area contributed by atoms with Gasteiger partial charge in [0, 0.05) is 25.1 Å². The van der Waals surface area contributed by atoms with Crippen molar-refractivity contribution in [1.82, 2.24) is 10.2 Å². The molecule has 4 nitrogen and oxygen atoms in total. The standard InChI is InChI=1S/C15H18F3N3O/c16-15(17,18)9-22-13-3-1-2-11(8-13)20-14-6-7-19-10-21(14)12-4-5-12/h1-3,8,12,19H,4-7,9-10H2. The molecule has 0 aromatic heterocycles. The molecule has 0 unspecified atom stereocenters. The van der Waals surface area contributed by atoms with Gasteiger partial charge in [0.05, 0.1) is 12.4 Å². The van der Waals surface area contributed by atoms with E-state index in [4.69, 9.17) is 4.74 Å². The average molecular weight is 313 g/mol.